The average Bonchev–Trinajstić information content (AvgIpc) is 3.11. The number of rotatable bonds is 6. The third-order valence-electron chi connectivity index (χ3n) is 4.52. The summed E-state index contributed by atoms with van der Waals surface area (Å²) < 4.78 is 14.0. The molecule has 4 rings (SSSR count). The summed E-state index contributed by atoms with van der Waals surface area (Å²) >= 11 is 9.36. The summed E-state index contributed by atoms with van der Waals surface area (Å²) in [6.45, 7) is 0.553. The lowest BCUT2D eigenvalue weighted by Gasteiger charge is -2.11. The van der Waals surface area contributed by atoms with E-state index in [0.29, 0.717) is 12.5 Å². The van der Waals surface area contributed by atoms with Gasteiger partial charge in [-0.2, -0.15) is 0 Å². The highest BCUT2D eigenvalue weighted by molar-refractivity contribution is 14.1. The SMILES string of the molecule is O=C1OC(c2ccc(I)cc2)=N/C1=C\c1cc(Br)c(OCCc2ccccc2)c(Br)c1. The molecular formula is C24H16Br2INO3. The van der Waals surface area contributed by atoms with Crippen LogP contribution in [0.3, 0.4) is 0 Å². The van der Waals surface area contributed by atoms with Crippen molar-refractivity contribution in [3.8, 4) is 5.75 Å². The molecule has 0 aliphatic carbocycles. The monoisotopic (exact) mass is 651 g/mol. The molecule has 0 amide bonds. The van der Waals surface area contributed by atoms with Crippen molar-refractivity contribution in [3.63, 3.8) is 0 Å². The van der Waals surface area contributed by atoms with Crippen LogP contribution in [-0.4, -0.2) is 18.5 Å². The van der Waals surface area contributed by atoms with E-state index in [1.807, 2.05) is 54.6 Å². The second kappa shape index (κ2) is 10.1. The number of esters is 1. The van der Waals surface area contributed by atoms with Crippen molar-refractivity contribution in [1.82, 2.24) is 0 Å². The Labute approximate surface area is 210 Å². The quantitative estimate of drug-likeness (QED) is 0.168. The topological polar surface area (TPSA) is 47.9 Å². The Bertz CT molecular complexity index is 1150. The molecule has 3 aromatic rings. The Morgan fingerprint density at radius 1 is 1.00 bits per heavy atom. The molecule has 0 N–H and O–H groups in total. The second-order valence-corrected chi connectivity index (χ2v) is 9.69. The molecule has 1 aliphatic rings. The molecule has 7 heteroatoms. The zero-order chi connectivity index (χ0) is 21.8. The minimum atomic E-state index is -0.469. The van der Waals surface area contributed by atoms with E-state index in [4.69, 9.17) is 9.47 Å². The van der Waals surface area contributed by atoms with E-state index in [-0.39, 0.29) is 5.70 Å². The van der Waals surface area contributed by atoms with Crippen molar-refractivity contribution in [2.75, 3.05) is 6.61 Å². The number of nitrogens with zero attached hydrogens (tertiary/aromatic N) is 1. The largest absolute Gasteiger partial charge is 0.491 e. The molecule has 0 unspecified atom stereocenters. The fourth-order valence-corrected chi connectivity index (χ4v) is 4.81. The van der Waals surface area contributed by atoms with Gasteiger partial charge in [0, 0.05) is 15.6 Å². The Morgan fingerprint density at radius 3 is 2.35 bits per heavy atom. The third-order valence-corrected chi connectivity index (χ3v) is 6.41. The minimum absolute atomic E-state index is 0.255. The number of halogens is 3. The predicted molar refractivity (Wildman–Crippen MR) is 137 cm³/mol. The summed E-state index contributed by atoms with van der Waals surface area (Å²) in [6, 6.07) is 21.6. The highest BCUT2D eigenvalue weighted by Crippen LogP contribution is 2.36. The van der Waals surface area contributed by atoms with Gasteiger partial charge in [-0.1, -0.05) is 30.3 Å². The number of cyclic esters (lactones) is 1. The second-order valence-electron chi connectivity index (χ2n) is 6.74. The predicted octanol–water partition coefficient (Wildman–Crippen LogP) is 6.78. The van der Waals surface area contributed by atoms with E-state index >= 15 is 0 Å². The van der Waals surface area contributed by atoms with Crippen LogP contribution in [0.4, 0.5) is 0 Å². The first-order valence-electron chi connectivity index (χ1n) is 9.44. The molecule has 156 valence electrons. The lowest BCUT2D eigenvalue weighted by atomic mass is 10.1. The van der Waals surface area contributed by atoms with Gasteiger partial charge >= 0.3 is 5.97 Å². The maximum absolute atomic E-state index is 12.3. The van der Waals surface area contributed by atoms with Gasteiger partial charge in [0.2, 0.25) is 5.90 Å². The highest BCUT2D eigenvalue weighted by Gasteiger charge is 2.24. The minimum Gasteiger partial charge on any atom is -0.491 e. The molecule has 0 bridgehead atoms. The van der Waals surface area contributed by atoms with Crippen LogP contribution in [0.1, 0.15) is 16.7 Å². The summed E-state index contributed by atoms with van der Waals surface area (Å²) in [4.78, 5) is 16.7. The summed E-state index contributed by atoms with van der Waals surface area (Å²) in [5, 5.41) is 0. The van der Waals surface area contributed by atoms with E-state index in [0.717, 1.165) is 35.8 Å². The molecule has 0 saturated heterocycles. The van der Waals surface area contributed by atoms with E-state index < -0.39 is 5.97 Å². The lowest BCUT2D eigenvalue weighted by molar-refractivity contribution is -0.129. The van der Waals surface area contributed by atoms with Crippen LogP contribution in [0.5, 0.6) is 5.75 Å². The van der Waals surface area contributed by atoms with Crippen LogP contribution >= 0.6 is 54.5 Å². The molecule has 0 spiro atoms. The summed E-state index contributed by atoms with van der Waals surface area (Å²) in [5.74, 6) is 0.561. The van der Waals surface area contributed by atoms with Crippen LogP contribution < -0.4 is 4.74 Å². The van der Waals surface area contributed by atoms with Crippen molar-refractivity contribution in [1.29, 1.82) is 0 Å². The van der Waals surface area contributed by atoms with Crippen LogP contribution in [0.25, 0.3) is 6.08 Å². The smallest absolute Gasteiger partial charge is 0.363 e. The number of hydrogen-bond donors (Lipinski definition) is 0. The van der Waals surface area contributed by atoms with Crippen LogP contribution in [-0.2, 0) is 16.0 Å². The first-order valence-corrected chi connectivity index (χ1v) is 12.1. The van der Waals surface area contributed by atoms with Gasteiger partial charge in [0.25, 0.3) is 0 Å². The molecule has 0 aromatic heterocycles. The number of benzene rings is 3. The Morgan fingerprint density at radius 2 is 1.68 bits per heavy atom. The zero-order valence-corrected chi connectivity index (χ0v) is 21.5. The van der Waals surface area contributed by atoms with E-state index in [2.05, 4.69) is 71.6 Å². The van der Waals surface area contributed by atoms with E-state index in [9.17, 15) is 4.79 Å². The van der Waals surface area contributed by atoms with E-state index in [1.165, 1.54) is 5.56 Å². The molecule has 31 heavy (non-hydrogen) atoms. The maximum Gasteiger partial charge on any atom is 0.363 e. The standard InChI is InChI=1S/C24H16Br2INO3/c25-19-12-16(13-20(26)22(19)30-11-10-15-4-2-1-3-5-15)14-21-24(29)31-23(28-21)17-6-8-18(27)9-7-17/h1-9,12-14H,10-11H2/b21-14-. The van der Waals surface area contributed by atoms with E-state index in [1.54, 1.807) is 6.08 Å². The van der Waals surface area contributed by atoms with Crippen molar-refractivity contribution >= 4 is 72.4 Å². The summed E-state index contributed by atoms with van der Waals surface area (Å²) in [6.07, 6.45) is 2.51. The number of aliphatic imine (C=N–C) groups is 1. The van der Waals surface area contributed by atoms with Gasteiger partial charge in [0.15, 0.2) is 5.70 Å². The number of carbonyl (C=O) groups is 1. The third kappa shape index (κ3) is 5.64. The molecule has 0 saturated carbocycles. The molecule has 0 atom stereocenters. The zero-order valence-electron chi connectivity index (χ0n) is 16.1. The van der Waals surface area contributed by atoms with Crippen LogP contribution in [0.2, 0.25) is 0 Å². The molecule has 1 heterocycles. The van der Waals surface area contributed by atoms with Gasteiger partial charge in [-0.05, 0) is 108 Å². The van der Waals surface area contributed by atoms with Crippen molar-refractivity contribution < 1.29 is 14.3 Å². The normalized spacial score (nSPS) is 14.5. The van der Waals surface area contributed by atoms with Crippen molar-refractivity contribution in [2.45, 2.75) is 6.42 Å². The summed E-state index contributed by atoms with van der Waals surface area (Å²) in [5.41, 5.74) is 3.04. The van der Waals surface area contributed by atoms with Gasteiger partial charge in [0.05, 0.1) is 15.6 Å². The van der Waals surface area contributed by atoms with Crippen LogP contribution in [0.15, 0.2) is 86.4 Å². The fourth-order valence-electron chi connectivity index (χ4n) is 3.00. The number of ether oxygens (including phenoxy) is 2. The van der Waals surface area contributed by atoms with Crippen molar-refractivity contribution in [3.05, 3.63) is 102 Å². The average molecular weight is 653 g/mol. The number of carbonyl (C=O) groups excluding carboxylic acids is 1. The summed E-state index contributed by atoms with van der Waals surface area (Å²) in [7, 11) is 0. The maximum atomic E-state index is 12.3. The van der Waals surface area contributed by atoms with Gasteiger partial charge in [-0.15, -0.1) is 0 Å². The molecule has 4 nitrogen and oxygen atoms in total. The van der Waals surface area contributed by atoms with Crippen molar-refractivity contribution in [2.24, 2.45) is 4.99 Å². The molecule has 0 radical (unpaired) electrons. The lowest BCUT2D eigenvalue weighted by Crippen LogP contribution is -2.05. The van der Waals surface area contributed by atoms with Gasteiger partial charge < -0.3 is 9.47 Å². The van der Waals surface area contributed by atoms with Gasteiger partial charge in [-0.25, -0.2) is 9.79 Å². The fraction of sp³-hybridized carbons (Fsp3) is 0.0833. The Balaban J connectivity index is 1.50. The van der Waals surface area contributed by atoms with Gasteiger partial charge in [-0.3, -0.25) is 0 Å². The molecule has 0 fully saturated rings. The first kappa shape index (κ1) is 22.2. The molecular weight excluding hydrogens is 637 g/mol. The Kier molecular flexibility index (Phi) is 7.24. The van der Waals surface area contributed by atoms with Crippen LogP contribution in [0, 0.1) is 3.57 Å². The number of hydrogen-bond acceptors (Lipinski definition) is 4. The highest BCUT2D eigenvalue weighted by atomic mass is 127. The molecule has 1 aliphatic heterocycles. The Hall–Kier alpha value is -1.97. The molecule has 3 aromatic carbocycles. The first-order chi connectivity index (χ1) is 15.0. The van der Waals surface area contributed by atoms with Gasteiger partial charge in [0.1, 0.15) is 5.75 Å².